The predicted molar refractivity (Wildman–Crippen MR) is 88.0 cm³/mol. The molecule has 0 saturated heterocycles. The SMILES string of the molecule is O=C(Nc1nccs1)c1cccc(Oc2cccc(C(F)(F)F)c2)c1. The molecule has 0 saturated carbocycles. The van der Waals surface area contributed by atoms with Gasteiger partial charge in [-0.15, -0.1) is 11.3 Å². The average Bonchev–Trinajstić information content (AvgIpc) is 3.07. The van der Waals surface area contributed by atoms with Crippen LogP contribution in [-0.4, -0.2) is 10.9 Å². The average molecular weight is 364 g/mol. The van der Waals surface area contributed by atoms with Crippen LogP contribution in [0.3, 0.4) is 0 Å². The molecule has 0 atom stereocenters. The van der Waals surface area contributed by atoms with Crippen LogP contribution in [0.15, 0.2) is 60.1 Å². The van der Waals surface area contributed by atoms with Crippen molar-refractivity contribution in [1.82, 2.24) is 4.98 Å². The van der Waals surface area contributed by atoms with Crippen molar-refractivity contribution in [3.63, 3.8) is 0 Å². The number of nitrogens with zero attached hydrogens (tertiary/aromatic N) is 1. The lowest BCUT2D eigenvalue weighted by molar-refractivity contribution is -0.137. The topological polar surface area (TPSA) is 51.2 Å². The second kappa shape index (κ2) is 6.94. The van der Waals surface area contributed by atoms with Crippen LogP contribution in [0.2, 0.25) is 0 Å². The van der Waals surface area contributed by atoms with Crippen LogP contribution in [0.5, 0.6) is 11.5 Å². The lowest BCUT2D eigenvalue weighted by Gasteiger charge is -2.10. The Labute approximate surface area is 144 Å². The second-order valence-corrected chi connectivity index (χ2v) is 5.84. The molecule has 0 aliphatic rings. The zero-order valence-electron chi connectivity index (χ0n) is 12.6. The molecular formula is C17H11F3N2O2S. The highest BCUT2D eigenvalue weighted by molar-refractivity contribution is 7.13. The molecule has 1 heterocycles. The van der Waals surface area contributed by atoms with Crippen molar-refractivity contribution in [2.45, 2.75) is 6.18 Å². The normalized spacial score (nSPS) is 11.2. The number of hydrogen-bond acceptors (Lipinski definition) is 4. The van der Waals surface area contributed by atoms with Crippen molar-refractivity contribution in [2.24, 2.45) is 0 Å². The van der Waals surface area contributed by atoms with Crippen molar-refractivity contribution >= 4 is 22.4 Å². The minimum Gasteiger partial charge on any atom is -0.457 e. The molecule has 0 spiro atoms. The number of amides is 1. The van der Waals surface area contributed by atoms with Gasteiger partial charge >= 0.3 is 6.18 Å². The van der Waals surface area contributed by atoms with Crippen molar-refractivity contribution in [3.05, 3.63) is 71.2 Å². The Bertz CT molecular complexity index is 880. The molecule has 0 aliphatic carbocycles. The first-order valence-electron chi connectivity index (χ1n) is 7.08. The van der Waals surface area contributed by atoms with E-state index >= 15 is 0 Å². The number of carbonyl (C=O) groups is 1. The molecule has 1 amide bonds. The maximum atomic E-state index is 12.7. The summed E-state index contributed by atoms with van der Waals surface area (Å²) >= 11 is 1.28. The van der Waals surface area contributed by atoms with Gasteiger partial charge in [0.2, 0.25) is 0 Å². The van der Waals surface area contributed by atoms with E-state index in [4.69, 9.17) is 4.74 Å². The number of halogens is 3. The van der Waals surface area contributed by atoms with Crippen LogP contribution in [0.25, 0.3) is 0 Å². The third-order valence-electron chi connectivity index (χ3n) is 3.15. The summed E-state index contributed by atoms with van der Waals surface area (Å²) < 4.78 is 43.7. The van der Waals surface area contributed by atoms with E-state index in [9.17, 15) is 18.0 Å². The molecule has 4 nitrogen and oxygen atoms in total. The molecule has 1 N–H and O–H groups in total. The summed E-state index contributed by atoms with van der Waals surface area (Å²) in [7, 11) is 0. The summed E-state index contributed by atoms with van der Waals surface area (Å²) in [5.74, 6) is -0.0946. The molecule has 25 heavy (non-hydrogen) atoms. The molecule has 3 rings (SSSR count). The standard InChI is InChI=1S/C17H11F3N2O2S/c18-17(19,20)12-4-2-6-14(10-12)24-13-5-1-3-11(9-13)15(23)22-16-21-7-8-25-16/h1-10H,(H,21,22,23). The highest BCUT2D eigenvalue weighted by Crippen LogP contribution is 2.32. The third kappa shape index (κ3) is 4.36. The second-order valence-electron chi connectivity index (χ2n) is 4.95. The first-order valence-corrected chi connectivity index (χ1v) is 7.96. The minimum atomic E-state index is -4.45. The summed E-state index contributed by atoms with van der Waals surface area (Å²) in [6, 6.07) is 10.7. The fraction of sp³-hybridized carbons (Fsp3) is 0.0588. The molecule has 3 aromatic rings. The van der Waals surface area contributed by atoms with Gasteiger partial charge in [0, 0.05) is 17.1 Å². The number of benzene rings is 2. The van der Waals surface area contributed by atoms with Crippen molar-refractivity contribution in [3.8, 4) is 11.5 Å². The summed E-state index contributed by atoms with van der Waals surface area (Å²) in [5, 5.41) is 4.80. The minimum absolute atomic E-state index is 0.0345. The summed E-state index contributed by atoms with van der Waals surface area (Å²) in [4.78, 5) is 16.1. The van der Waals surface area contributed by atoms with E-state index in [0.29, 0.717) is 10.7 Å². The number of thiazole rings is 1. The zero-order chi connectivity index (χ0) is 17.9. The molecule has 128 valence electrons. The van der Waals surface area contributed by atoms with Gasteiger partial charge in [0.15, 0.2) is 5.13 Å². The third-order valence-corrected chi connectivity index (χ3v) is 3.83. The first-order chi connectivity index (χ1) is 11.9. The van der Waals surface area contributed by atoms with E-state index < -0.39 is 11.7 Å². The van der Waals surface area contributed by atoms with E-state index in [1.165, 1.54) is 29.5 Å². The number of nitrogens with one attached hydrogen (secondary N) is 1. The van der Waals surface area contributed by atoms with Gasteiger partial charge in [-0.3, -0.25) is 10.1 Å². The summed E-state index contributed by atoms with van der Waals surface area (Å²) in [6.07, 6.45) is -2.89. The van der Waals surface area contributed by atoms with Gasteiger partial charge in [0.05, 0.1) is 5.56 Å². The van der Waals surface area contributed by atoms with E-state index in [1.54, 1.807) is 29.8 Å². The van der Waals surface area contributed by atoms with Crippen LogP contribution < -0.4 is 10.1 Å². The Kier molecular flexibility index (Phi) is 4.71. The zero-order valence-corrected chi connectivity index (χ0v) is 13.4. The Morgan fingerprint density at radius 1 is 1.08 bits per heavy atom. The summed E-state index contributed by atoms with van der Waals surface area (Å²) in [6.45, 7) is 0. The van der Waals surface area contributed by atoms with Gasteiger partial charge in [-0.05, 0) is 36.4 Å². The number of anilines is 1. The number of alkyl halides is 3. The smallest absolute Gasteiger partial charge is 0.416 e. The Morgan fingerprint density at radius 2 is 1.80 bits per heavy atom. The van der Waals surface area contributed by atoms with Gasteiger partial charge in [-0.1, -0.05) is 12.1 Å². The number of rotatable bonds is 4. The lowest BCUT2D eigenvalue weighted by atomic mass is 10.2. The van der Waals surface area contributed by atoms with Crippen LogP contribution >= 0.6 is 11.3 Å². The lowest BCUT2D eigenvalue weighted by Crippen LogP contribution is -2.11. The molecule has 0 aliphatic heterocycles. The monoisotopic (exact) mass is 364 g/mol. The molecule has 8 heteroatoms. The molecule has 2 aromatic carbocycles. The maximum Gasteiger partial charge on any atom is 0.416 e. The quantitative estimate of drug-likeness (QED) is 0.692. The van der Waals surface area contributed by atoms with Crippen LogP contribution in [-0.2, 0) is 6.18 Å². The van der Waals surface area contributed by atoms with E-state index in [2.05, 4.69) is 10.3 Å². The number of carbonyl (C=O) groups excluding carboxylic acids is 1. The molecular weight excluding hydrogens is 353 g/mol. The largest absolute Gasteiger partial charge is 0.457 e. The van der Waals surface area contributed by atoms with Crippen LogP contribution in [0.1, 0.15) is 15.9 Å². The molecule has 0 radical (unpaired) electrons. The van der Waals surface area contributed by atoms with Crippen molar-refractivity contribution < 1.29 is 22.7 Å². The highest BCUT2D eigenvalue weighted by atomic mass is 32.1. The maximum absolute atomic E-state index is 12.7. The number of aromatic nitrogens is 1. The molecule has 1 aromatic heterocycles. The van der Waals surface area contributed by atoms with Crippen molar-refractivity contribution in [1.29, 1.82) is 0 Å². The van der Waals surface area contributed by atoms with E-state index in [-0.39, 0.29) is 17.4 Å². The molecule has 0 unspecified atom stereocenters. The predicted octanol–water partition coefficient (Wildman–Crippen LogP) is 5.21. The van der Waals surface area contributed by atoms with Crippen LogP contribution in [0.4, 0.5) is 18.3 Å². The fourth-order valence-electron chi connectivity index (χ4n) is 2.03. The number of ether oxygens (including phenoxy) is 1. The van der Waals surface area contributed by atoms with E-state index in [0.717, 1.165) is 12.1 Å². The van der Waals surface area contributed by atoms with Crippen LogP contribution in [0, 0.1) is 0 Å². The van der Waals surface area contributed by atoms with E-state index in [1.807, 2.05) is 0 Å². The van der Waals surface area contributed by atoms with Gasteiger partial charge in [0.1, 0.15) is 11.5 Å². The highest BCUT2D eigenvalue weighted by Gasteiger charge is 2.30. The van der Waals surface area contributed by atoms with Gasteiger partial charge < -0.3 is 4.74 Å². The number of hydrogen-bond donors (Lipinski definition) is 1. The summed E-state index contributed by atoms with van der Waals surface area (Å²) in [5.41, 5.74) is -0.498. The van der Waals surface area contributed by atoms with Gasteiger partial charge in [-0.2, -0.15) is 13.2 Å². The Hall–Kier alpha value is -2.87. The fourth-order valence-corrected chi connectivity index (χ4v) is 2.55. The van der Waals surface area contributed by atoms with Gasteiger partial charge in [-0.25, -0.2) is 4.98 Å². The Balaban J connectivity index is 1.77. The molecule has 0 bridgehead atoms. The molecule has 0 fully saturated rings. The Morgan fingerprint density at radius 3 is 2.48 bits per heavy atom. The van der Waals surface area contributed by atoms with Crippen molar-refractivity contribution in [2.75, 3.05) is 5.32 Å². The van der Waals surface area contributed by atoms with Gasteiger partial charge in [0.25, 0.3) is 5.91 Å². The first kappa shape index (κ1) is 17.0.